The van der Waals surface area contributed by atoms with Gasteiger partial charge in [-0.25, -0.2) is 9.37 Å². The molecule has 4 N–H and O–H groups in total. The number of fused-ring (bicyclic) bond motifs is 2. The molecule has 5 aromatic rings. The van der Waals surface area contributed by atoms with E-state index in [1.165, 1.54) is 30.7 Å². The molecule has 1 amide bonds. The molecule has 0 atom stereocenters. The van der Waals surface area contributed by atoms with Gasteiger partial charge in [0.1, 0.15) is 16.9 Å². The smallest absolute Gasteiger partial charge is 0.261 e. The Labute approximate surface area is 179 Å². The van der Waals surface area contributed by atoms with Crippen molar-refractivity contribution in [3.8, 4) is 5.75 Å². The van der Waals surface area contributed by atoms with Crippen LogP contribution in [0.1, 0.15) is 15.9 Å². The third-order valence-corrected chi connectivity index (χ3v) is 5.01. The fourth-order valence-electron chi connectivity index (χ4n) is 3.43. The normalized spacial score (nSPS) is 11.2. The van der Waals surface area contributed by atoms with Crippen molar-refractivity contribution in [2.24, 2.45) is 0 Å². The highest BCUT2D eigenvalue weighted by molar-refractivity contribution is 6.08. The van der Waals surface area contributed by atoms with Crippen molar-refractivity contribution < 1.29 is 14.3 Å². The first-order valence-corrected chi connectivity index (χ1v) is 9.62. The molecule has 0 aliphatic carbocycles. The van der Waals surface area contributed by atoms with Crippen molar-refractivity contribution >= 4 is 33.9 Å². The zero-order valence-electron chi connectivity index (χ0n) is 16.5. The number of nitrogens with one attached hydrogen (secondary N) is 3. The summed E-state index contributed by atoms with van der Waals surface area (Å²) >= 11 is 0. The van der Waals surface area contributed by atoms with Crippen LogP contribution >= 0.6 is 0 Å². The molecule has 0 aliphatic rings. The van der Waals surface area contributed by atoms with Crippen molar-refractivity contribution in [3.05, 3.63) is 83.5 Å². The minimum atomic E-state index is -0.585. The lowest BCUT2D eigenvalue weighted by atomic mass is 10.1. The Balaban J connectivity index is 1.48. The molecule has 3 aromatic heterocycles. The Hall–Kier alpha value is -4.60. The van der Waals surface area contributed by atoms with E-state index >= 15 is 0 Å². The van der Waals surface area contributed by atoms with Gasteiger partial charge in [-0.1, -0.05) is 24.3 Å². The average Bonchev–Trinajstić information content (AvgIpc) is 3.22. The lowest BCUT2D eigenvalue weighted by Crippen LogP contribution is -2.13. The molecule has 0 bridgehead atoms. The molecule has 0 unspecified atom stereocenters. The number of phenolic OH excluding ortho intramolecular Hbond substituents is 1. The summed E-state index contributed by atoms with van der Waals surface area (Å²) in [4.78, 5) is 28.2. The second-order valence-electron chi connectivity index (χ2n) is 7.12. The van der Waals surface area contributed by atoms with Gasteiger partial charge in [-0.2, -0.15) is 4.98 Å². The molecule has 0 saturated carbocycles. The van der Waals surface area contributed by atoms with Gasteiger partial charge in [0.2, 0.25) is 5.95 Å². The van der Waals surface area contributed by atoms with Crippen molar-refractivity contribution in [1.29, 1.82) is 5.41 Å². The standard InChI is InChI=1S/C22H16FN7O2/c23-14-6-3-12(4-7-14)10-30-11-26-19(24)17-20(30)28-22(27-17)29-21(32)15-8-5-13-2-1-9-25-16(13)18(15)31/h1-9,11,24,31H,10H2,(H2,27,28,29,32). The number of hydrogen-bond donors (Lipinski definition) is 4. The maximum atomic E-state index is 13.2. The molecule has 10 heteroatoms. The van der Waals surface area contributed by atoms with Gasteiger partial charge in [-0.15, -0.1) is 0 Å². The Kier molecular flexibility index (Phi) is 4.59. The first-order chi connectivity index (χ1) is 15.5. The van der Waals surface area contributed by atoms with Crippen LogP contribution in [0.2, 0.25) is 0 Å². The maximum absolute atomic E-state index is 13.2. The summed E-state index contributed by atoms with van der Waals surface area (Å²) in [5.74, 6) is -1.05. The van der Waals surface area contributed by atoms with Crippen molar-refractivity contribution in [2.75, 3.05) is 5.32 Å². The van der Waals surface area contributed by atoms with Crippen LogP contribution in [0, 0.1) is 11.2 Å². The number of imidazole rings is 1. The minimum Gasteiger partial charge on any atom is -0.505 e. The number of halogens is 1. The Morgan fingerprint density at radius 3 is 2.78 bits per heavy atom. The van der Waals surface area contributed by atoms with Crippen LogP contribution in [0.15, 0.2) is 61.1 Å². The zero-order chi connectivity index (χ0) is 22.2. The molecular weight excluding hydrogens is 413 g/mol. The van der Waals surface area contributed by atoms with E-state index in [1.54, 1.807) is 34.9 Å². The summed E-state index contributed by atoms with van der Waals surface area (Å²) < 4.78 is 14.9. The Morgan fingerprint density at radius 2 is 1.97 bits per heavy atom. The maximum Gasteiger partial charge on any atom is 0.261 e. The van der Waals surface area contributed by atoms with Gasteiger partial charge in [0.05, 0.1) is 18.4 Å². The highest BCUT2D eigenvalue weighted by Crippen LogP contribution is 2.27. The molecule has 0 saturated heterocycles. The number of hydrogen-bond acceptors (Lipinski definition) is 6. The predicted molar refractivity (Wildman–Crippen MR) is 115 cm³/mol. The summed E-state index contributed by atoms with van der Waals surface area (Å²) in [6.07, 6.45) is 2.99. The number of rotatable bonds is 4. The minimum absolute atomic E-state index is 0.0406. The quantitative estimate of drug-likeness (QED) is 0.349. The largest absolute Gasteiger partial charge is 0.505 e. The second kappa shape index (κ2) is 7.58. The van der Waals surface area contributed by atoms with E-state index in [0.717, 1.165) is 5.56 Å². The predicted octanol–water partition coefficient (Wildman–Crippen LogP) is 2.93. The summed E-state index contributed by atoms with van der Waals surface area (Å²) in [6.45, 7) is 0.347. The number of pyridine rings is 1. The number of H-pyrrole nitrogens is 1. The fraction of sp³-hybridized carbons (Fsp3) is 0.0455. The highest BCUT2D eigenvalue weighted by atomic mass is 19.1. The van der Waals surface area contributed by atoms with Gasteiger partial charge in [0.15, 0.2) is 16.9 Å². The van der Waals surface area contributed by atoms with Crippen molar-refractivity contribution in [3.63, 3.8) is 0 Å². The van der Waals surface area contributed by atoms with Gasteiger partial charge in [0, 0.05) is 11.6 Å². The first-order valence-electron chi connectivity index (χ1n) is 9.62. The molecule has 0 fully saturated rings. The van der Waals surface area contributed by atoms with Crippen LogP contribution in [-0.2, 0) is 6.54 Å². The summed E-state index contributed by atoms with van der Waals surface area (Å²) in [6, 6.07) is 12.7. The number of carbonyl (C=O) groups excluding carboxylic acids is 1. The molecule has 5 rings (SSSR count). The molecule has 9 nitrogen and oxygen atoms in total. The zero-order valence-corrected chi connectivity index (χ0v) is 16.5. The highest BCUT2D eigenvalue weighted by Gasteiger charge is 2.17. The number of carbonyl (C=O) groups is 1. The number of phenols is 1. The molecule has 2 aromatic carbocycles. The fourth-order valence-corrected chi connectivity index (χ4v) is 3.43. The number of aromatic nitrogens is 5. The molecule has 0 aliphatic heterocycles. The van der Waals surface area contributed by atoms with Gasteiger partial charge >= 0.3 is 0 Å². The van der Waals surface area contributed by atoms with Crippen LogP contribution in [0.4, 0.5) is 10.3 Å². The number of nitrogens with zero attached hydrogens (tertiary/aromatic N) is 4. The van der Waals surface area contributed by atoms with Crippen molar-refractivity contribution in [1.82, 2.24) is 24.5 Å². The number of aromatic hydroxyl groups is 1. The van der Waals surface area contributed by atoms with Gasteiger partial charge in [-0.3, -0.25) is 20.5 Å². The first kappa shape index (κ1) is 19.4. The molecule has 158 valence electrons. The van der Waals surface area contributed by atoms with Gasteiger partial charge in [0.25, 0.3) is 5.91 Å². The van der Waals surface area contributed by atoms with Crippen molar-refractivity contribution in [2.45, 2.75) is 6.54 Å². The monoisotopic (exact) mass is 429 g/mol. The van der Waals surface area contributed by atoms with Gasteiger partial charge in [-0.05, 0) is 29.8 Å². The SMILES string of the molecule is N=c1ncn(Cc2ccc(F)cc2)c2nc(NC(=O)c3ccc4cccnc4c3O)[nH]c12. The average molecular weight is 429 g/mol. The second-order valence-corrected chi connectivity index (χ2v) is 7.12. The third-order valence-electron chi connectivity index (χ3n) is 5.01. The van der Waals surface area contributed by atoms with E-state index in [1.807, 2.05) is 0 Å². The number of aromatic amines is 1. The topological polar surface area (TPSA) is 133 Å². The number of benzene rings is 2. The van der Waals surface area contributed by atoms with Crippen LogP contribution in [-0.4, -0.2) is 35.5 Å². The molecule has 32 heavy (non-hydrogen) atoms. The van der Waals surface area contributed by atoms with Gasteiger partial charge < -0.3 is 14.7 Å². The molecule has 3 heterocycles. The number of anilines is 1. The molecular formula is C22H16FN7O2. The van der Waals surface area contributed by atoms with E-state index in [0.29, 0.717) is 28.6 Å². The summed E-state index contributed by atoms with van der Waals surface area (Å²) in [5, 5.41) is 21.8. The number of amides is 1. The van der Waals surface area contributed by atoms with Crippen LogP contribution in [0.5, 0.6) is 5.75 Å². The Bertz CT molecular complexity index is 1540. The molecule has 0 spiro atoms. The van der Waals surface area contributed by atoms with Crippen LogP contribution < -0.4 is 10.8 Å². The molecule has 0 radical (unpaired) electrons. The van der Waals surface area contributed by atoms with E-state index < -0.39 is 5.91 Å². The van der Waals surface area contributed by atoms with Crippen LogP contribution in [0.25, 0.3) is 22.1 Å². The third kappa shape index (κ3) is 3.43. The Morgan fingerprint density at radius 1 is 1.16 bits per heavy atom. The van der Waals surface area contributed by atoms with E-state index in [4.69, 9.17) is 5.41 Å². The van der Waals surface area contributed by atoms with E-state index in [-0.39, 0.29) is 28.6 Å². The summed E-state index contributed by atoms with van der Waals surface area (Å²) in [5.41, 5.74) is 1.86. The van der Waals surface area contributed by atoms with Crippen LogP contribution in [0.3, 0.4) is 0 Å². The lowest BCUT2D eigenvalue weighted by Gasteiger charge is -2.07. The lowest BCUT2D eigenvalue weighted by molar-refractivity contribution is 0.102. The van der Waals surface area contributed by atoms with E-state index in [2.05, 4.69) is 25.3 Å². The van der Waals surface area contributed by atoms with E-state index in [9.17, 15) is 14.3 Å². The summed E-state index contributed by atoms with van der Waals surface area (Å²) in [7, 11) is 0.